The number of aromatic nitrogens is 2. The van der Waals surface area contributed by atoms with Gasteiger partial charge in [-0.3, -0.25) is 14.7 Å². The predicted molar refractivity (Wildman–Crippen MR) is 121 cm³/mol. The topological polar surface area (TPSA) is 70.5 Å². The van der Waals surface area contributed by atoms with Crippen molar-refractivity contribution < 1.29 is 39.9 Å². The van der Waals surface area contributed by atoms with Crippen molar-refractivity contribution in [1.29, 1.82) is 0 Å². The lowest BCUT2D eigenvalue weighted by molar-refractivity contribution is -0.122. The number of hydrogen-bond donors (Lipinski definition) is 1. The highest BCUT2D eigenvalue weighted by molar-refractivity contribution is 6.13. The van der Waals surface area contributed by atoms with Gasteiger partial charge < -0.3 is 5.32 Å². The molecule has 0 bridgehead atoms. The van der Waals surface area contributed by atoms with E-state index in [1.807, 2.05) is 5.32 Å². The molecule has 0 saturated carbocycles. The number of benzene rings is 2. The Morgan fingerprint density at radius 1 is 0.667 bits per heavy atom. The molecule has 0 spiro atoms. The van der Waals surface area contributed by atoms with Crippen LogP contribution in [0.2, 0.25) is 0 Å². The summed E-state index contributed by atoms with van der Waals surface area (Å²) in [6.45, 7) is 0. The molecule has 2 aromatic carbocycles. The van der Waals surface area contributed by atoms with Gasteiger partial charge in [-0.25, -0.2) is 0 Å². The van der Waals surface area contributed by atoms with Gasteiger partial charge in [0.15, 0.2) is 0 Å². The molecule has 1 unspecified atom stereocenters. The Morgan fingerprint density at radius 3 is 1.77 bits per heavy atom. The summed E-state index contributed by atoms with van der Waals surface area (Å²) in [4.78, 5) is 23.5. The Labute approximate surface area is 213 Å². The van der Waals surface area contributed by atoms with Gasteiger partial charge in [-0.1, -0.05) is 48.5 Å². The van der Waals surface area contributed by atoms with Crippen LogP contribution in [0.3, 0.4) is 0 Å². The second kappa shape index (κ2) is 9.45. The molecule has 1 amide bonds. The summed E-state index contributed by atoms with van der Waals surface area (Å²) < 4.78 is 116. The van der Waals surface area contributed by atoms with Crippen molar-refractivity contribution in [3.05, 3.63) is 113 Å². The van der Waals surface area contributed by atoms with E-state index in [-0.39, 0.29) is 21.7 Å². The van der Waals surface area contributed by atoms with Gasteiger partial charge in [0.25, 0.3) is 29.7 Å². The number of amides is 1. The van der Waals surface area contributed by atoms with Crippen LogP contribution in [0.5, 0.6) is 0 Å². The number of hydrogen-bond acceptors (Lipinski definition) is 5. The molecule has 1 aliphatic rings. The third-order valence-electron chi connectivity index (χ3n) is 5.78. The van der Waals surface area contributed by atoms with Gasteiger partial charge in [-0.2, -0.15) is 45.1 Å². The Morgan fingerprint density at radius 2 is 1.18 bits per heavy atom. The average molecular weight is 549 g/mol. The van der Waals surface area contributed by atoms with E-state index in [1.54, 1.807) is 0 Å². The molecule has 14 heteroatoms. The second-order valence-corrected chi connectivity index (χ2v) is 8.03. The van der Waals surface area contributed by atoms with Crippen LogP contribution in [0, 0.1) is 47.1 Å². The fourth-order valence-electron chi connectivity index (χ4n) is 4.00. The minimum absolute atomic E-state index is 0.0464. The van der Waals surface area contributed by atoms with Crippen molar-refractivity contribution in [2.45, 2.75) is 5.66 Å². The van der Waals surface area contributed by atoms with Crippen LogP contribution < -0.4 is 10.2 Å². The van der Waals surface area contributed by atoms with Gasteiger partial charge in [0.1, 0.15) is 11.4 Å². The fraction of sp³-hybridized carbons (Fsp3) is 0.0400. The number of carbonyl (C=O) groups is 1. The third-order valence-corrected chi connectivity index (χ3v) is 5.78. The SMILES string of the molecule is O=C1N(c2c(F)c(F)nc(F)c2F)c2ccccc2C=NC1(Nc1c(F)c(F)nc(F)c1F)c1ccccc1. The number of nitrogens with one attached hydrogen (secondary N) is 1. The average Bonchev–Trinajstić information content (AvgIpc) is 3.05. The number of aliphatic imine (C=N–C) groups is 1. The van der Waals surface area contributed by atoms with Crippen molar-refractivity contribution in [1.82, 2.24) is 9.97 Å². The summed E-state index contributed by atoms with van der Waals surface area (Å²) in [6, 6.07) is 11.7. The quantitative estimate of drug-likeness (QED) is 0.264. The fourth-order valence-corrected chi connectivity index (χ4v) is 4.00. The molecule has 2 aromatic heterocycles. The van der Waals surface area contributed by atoms with Gasteiger partial charge in [-0.05, 0) is 6.07 Å². The number of para-hydroxylation sites is 1. The molecule has 0 saturated heterocycles. The van der Waals surface area contributed by atoms with Crippen LogP contribution in [0.25, 0.3) is 0 Å². The molecule has 1 aliphatic heterocycles. The van der Waals surface area contributed by atoms with Gasteiger partial charge in [0, 0.05) is 17.3 Å². The largest absolute Gasteiger partial charge is 0.345 e. The van der Waals surface area contributed by atoms with Crippen LogP contribution in [0.15, 0.2) is 59.6 Å². The zero-order valence-corrected chi connectivity index (χ0v) is 19.0. The minimum atomic E-state index is -2.82. The Kier molecular flexibility index (Phi) is 6.24. The predicted octanol–water partition coefficient (Wildman–Crippen LogP) is 5.65. The van der Waals surface area contributed by atoms with Crippen molar-refractivity contribution in [3.63, 3.8) is 0 Å². The summed E-state index contributed by atoms with van der Waals surface area (Å²) in [6.07, 6.45) is 0.959. The zero-order chi connectivity index (χ0) is 28.1. The first-order valence-corrected chi connectivity index (χ1v) is 10.8. The number of rotatable bonds is 4. The second-order valence-electron chi connectivity index (χ2n) is 8.03. The van der Waals surface area contributed by atoms with Crippen LogP contribution >= 0.6 is 0 Å². The summed E-state index contributed by atoms with van der Waals surface area (Å²) in [5, 5.41) is 2.01. The maximum atomic E-state index is 15.0. The lowest BCUT2D eigenvalue weighted by Gasteiger charge is -2.35. The standard InChI is InChI=1S/C25H11F8N5O/c26-14-18(15(27)21(31)35-20(14)30)37-25(12-7-2-1-3-8-12)24(39)38(13-9-5-4-6-11(13)10-34-25)19-16(28)22(32)36-23(33)17(19)29/h1-10H,(H,35,37). The van der Waals surface area contributed by atoms with E-state index in [0.717, 1.165) is 12.3 Å². The number of halogens is 8. The van der Waals surface area contributed by atoms with Crippen LogP contribution in [-0.2, 0) is 10.5 Å². The number of pyridine rings is 2. The van der Waals surface area contributed by atoms with Crippen molar-refractivity contribution in [2.24, 2.45) is 4.99 Å². The molecule has 1 atom stereocenters. The van der Waals surface area contributed by atoms with Crippen LogP contribution in [0.1, 0.15) is 11.1 Å². The molecule has 5 rings (SSSR count). The van der Waals surface area contributed by atoms with Crippen molar-refractivity contribution in [3.8, 4) is 0 Å². The lowest BCUT2D eigenvalue weighted by Crippen LogP contribution is -2.49. The van der Waals surface area contributed by atoms with Crippen LogP contribution in [0.4, 0.5) is 52.2 Å². The maximum absolute atomic E-state index is 15.0. The normalized spacial score (nSPS) is 16.7. The van der Waals surface area contributed by atoms with E-state index < -0.39 is 70.0 Å². The summed E-state index contributed by atoms with van der Waals surface area (Å²) in [5.41, 5.74) is -6.60. The number of nitrogens with zero attached hydrogens (tertiary/aromatic N) is 4. The molecule has 0 radical (unpaired) electrons. The number of fused-ring (bicyclic) bond motifs is 1. The number of carbonyl (C=O) groups excluding carboxylic acids is 1. The highest BCUT2D eigenvalue weighted by Crippen LogP contribution is 2.42. The molecule has 39 heavy (non-hydrogen) atoms. The maximum Gasteiger partial charge on any atom is 0.285 e. The summed E-state index contributed by atoms with van der Waals surface area (Å²) >= 11 is 0. The number of benzodiazepines with no additional fused rings is 1. The van der Waals surface area contributed by atoms with Crippen molar-refractivity contribution >= 4 is 29.2 Å². The Hall–Kier alpha value is -4.88. The van der Waals surface area contributed by atoms with Crippen LogP contribution in [-0.4, -0.2) is 22.1 Å². The van der Waals surface area contributed by atoms with Gasteiger partial charge >= 0.3 is 0 Å². The summed E-state index contributed by atoms with van der Waals surface area (Å²) in [5.74, 6) is -18.2. The van der Waals surface area contributed by atoms with E-state index in [0.29, 0.717) is 0 Å². The van der Waals surface area contributed by atoms with E-state index >= 15 is 8.78 Å². The first kappa shape index (κ1) is 25.8. The minimum Gasteiger partial charge on any atom is -0.345 e. The lowest BCUT2D eigenvalue weighted by atomic mass is 9.96. The Bertz CT molecular complexity index is 1610. The van der Waals surface area contributed by atoms with Gasteiger partial charge in [0.05, 0.1) is 5.69 Å². The van der Waals surface area contributed by atoms with Gasteiger partial charge in [-0.15, -0.1) is 0 Å². The number of anilines is 3. The van der Waals surface area contributed by atoms with E-state index in [9.17, 15) is 31.1 Å². The van der Waals surface area contributed by atoms with E-state index in [4.69, 9.17) is 0 Å². The molecule has 6 nitrogen and oxygen atoms in total. The molecule has 3 heterocycles. The molecular formula is C25H11F8N5O. The van der Waals surface area contributed by atoms with Gasteiger partial charge in [0.2, 0.25) is 28.9 Å². The molecule has 1 N–H and O–H groups in total. The summed E-state index contributed by atoms with van der Waals surface area (Å²) in [7, 11) is 0. The van der Waals surface area contributed by atoms with E-state index in [1.165, 1.54) is 48.5 Å². The first-order valence-electron chi connectivity index (χ1n) is 10.8. The highest BCUT2D eigenvalue weighted by atomic mass is 19.2. The zero-order valence-electron chi connectivity index (χ0n) is 19.0. The van der Waals surface area contributed by atoms with E-state index in [2.05, 4.69) is 15.0 Å². The monoisotopic (exact) mass is 549 g/mol. The molecule has 198 valence electrons. The van der Waals surface area contributed by atoms with Crippen molar-refractivity contribution in [2.75, 3.05) is 10.2 Å². The molecular weight excluding hydrogens is 538 g/mol. The Balaban J connectivity index is 1.86. The smallest absolute Gasteiger partial charge is 0.285 e. The molecule has 0 aliphatic carbocycles. The molecule has 0 fully saturated rings. The highest BCUT2D eigenvalue weighted by Gasteiger charge is 2.49. The molecule has 4 aromatic rings. The first-order chi connectivity index (χ1) is 18.6. The third kappa shape index (κ3) is 4.04.